The Kier molecular flexibility index (Phi) is 5.25. The average Bonchev–Trinajstić information content (AvgIpc) is 2.50. The fourth-order valence-electron chi connectivity index (χ4n) is 3.21. The molecule has 3 fully saturated rings. The molecule has 0 aromatic heterocycles. The number of nitrogens with zero attached hydrogens (tertiary/aromatic N) is 3. The van der Waals surface area contributed by atoms with Crippen LogP contribution in [0.4, 0.5) is 0 Å². The molecule has 0 radical (unpaired) electrons. The number of nitrogens with one attached hydrogen (secondary N) is 1. The molecule has 3 saturated heterocycles. The number of hydrogen-bond acceptors (Lipinski definition) is 6. The highest BCUT2D eigenvalue weighted by Gasteiger charge is 2.29. The van der Waals surface area contributed by atoms with E-state index in [1.807, 2.05) is 0 Å². The standard InChI is InChI=1S/C14H28N4O2/c1-16-7-4-14(19-12-16)17-8-2-13(3-9-17)20-18-10-5-15-6-11-18/h13-15H,2-12H2,1H3/t14-/m0/s1. The highest BCUT2D eigenvalue weighted by molar-refractivity contribution is 4.77. The molecule has 3 aliphatic heterocycles. The van der Waals surface area contributed by atoms with E-state index in [0.29, 0.717) is 12.3 Å². The number of hydrogen-bond donors (Lipinski definition) is 1. The number of ether oxygens (including phenoxy) is 1. The van der Waals surface area contributed by atoms with E-state index in [1.54, 1.807) is 0 Å². The van der Waals surface area contributed by atoms with Crippen LogP contribution in [-0.2, 0) is 9.57 Å². The summed E-state index contributed by atoms with van der Waals surface area (Å²) < 4.78 is 5.91. The number of piperidine rings is 1. The third kappa shape index (κ3) is 3.90. The molecule has 3 aliphatic rings. The molecule has 116 valence electrons. The molecule has 0 saturated carbocycles. The van der Waals surface area contributed by atoms with Gasteiger partial charge in [0, 0.05) is 52.2 Å². The van der Waals surface area contributed by atoms with Gasteiger partial charge in [0.2, 0.25) is 0 Å². The molecular formula is C14H28N4O2. The van der Waals surface area contributed by atoms with E-state index in [9.17, 15) is 0 Å². The normalized spacial score (nSPS) is 32.5. The van der Waals surface area contributed by atoms with Gasteiger partial charge in [-0.05, 0) is 19.9 Å². The number of likely N-dealkylation sites (tertiary alicyclic amines) is 1. The van der Waals surface area contributed by atoms with E-state index in [1.165, 1.54) is 0 Å². The molecule has 3 heterocycles. The predicted octanol–water partition coefficient (Wildman–Crippen LogP) is -0.0767. The van der Waals surface area contributed by atoms with Crippen molar-refractivity contribution in [3.63, 3.8) is 0 Å². The summed E-state index contributed by atoms with van der Waals surface area (Å²) in [7, 11) is 2.11. The molecule has 0 aromatic carbocycles. The van der Waals surface area contributed by atoms with Crippen LogP contribution in [0.5, 0.6) is 0 Å². The van der Waals surface area contributed by atoms with E-state index in [4.69, 9.17) is 9.57 Å². The number of piperazine rings is 1. The topological polar surface area (TPSA) is 40.2 Å². The lowest BCUT2D eigenvalue weighted by Gasteiger charge is -2.41. The zero-order chi connectivity index (χ0) is 13.8. The van der Waals surface area contributed by atoms with E-state index < -0.39 is 0 Å². The molecule has 1 N–H and O–H groups in total. The molecule has 20 heavy (non-hydrogen) atoms. The Morgan fingerprint density at radius 2 is 1.75 bits per heavy atom. The average molecular weight is 284 g/mol. The minimum absolute atomic E-state index is 0.325. The molecule has 0 amide bonds. The molecule has 0 aliphatic carbocycles. The second-order valence-corrected chi connectivity index (χ2v) is 6.14. The lowest BCUT2D eigenvalue weighted by molar-refractivity contribution is -0.220. The van der Waals surface area contributed by atoms with Crippen LogP contribution in [0.1, 0.15) is 19.3 Å². The van der Waals surface area contributed by atoms with Gasteiger partial charge in [0.25, 0.3) is 0 Å². The summed E-state index contributed by atoms with van der Waals surface area (Å²) in [6.45, 7) is 8.22. The first kappa shape index (κ1) is 14.7. The largest absolute Gasteiger partial charge is 0.348 e. The van der Waals surface area contributed by atoms with Gasteiger partial charge in [-0.15, -0.1) is 0 Å². The first-order valence-electron chi connectivity index (χ1n) is 7.98. The molecular weight excluding hydrogens is 256 g/mol. The Labute approximate surface area is 121 Å². The van der Waals surface area contributed by atoms with Crippen molar-refractivity contribution in [1.29, 1.82) is 0 Å². The van der Waals surface area contributed by atoms with Crippen LogP contribution in [0.15, 0.2) is 0 Å². The van der Waals surface area contributed by atoms with Gasteiger partial charge in [-0.2, -0.15) is 5.06 Å². The van der Waals surface area contributed by atoms with Crippen LogP contribution in [0.3, 0.4) is 0 Å². The van der Waals surface area contributed by atoms with E-state index in [-0.39, 0.29) is 0 Å². The Morgan fingerprint density at radius 1 is 1.00 bits per heavy atom. The molecule has 0 unspecified atom stereocenters. The van der Waals surface area contributed by atoms with Crippen molar-refractivity contribution in [3.8, 4) is 0 Å². The second-order valence-electron chi connectivity index (χ2n) is 6.14. The van der Waals surface area contributed by atoms with E-state index in [0.717, 1.165) is 71.8 Å². The van der Waals surface area contributed by atoms with Gasteiger partial charge in [-0.25, -0.2) is 0 Å². The maximum atomic E-state index is 6.10. The predicted molar refractivity (Wildman–Crippen MR) is 77.1 cm³/mol. The molecule has 3 rings (SSSR count). The smallest absolute Gasteiger partial charge is 0.113 e. The van der Waals surface area contributed by atoms with Crippen LogP contribution >= 0.6 is 0 Å². The third-order valence-electron chi connectivity index (χ3n) is 4.50. The monoisotopic (exact) mass is 284 g/mol. The zero-order valence-electron chi connectivity index (χ0n) is 12.6. The Balaban J connectivity index is 1.38. The molecule has 0 spiro atoms. The number of hydroxylamine groups is 2. The van der Waals surface area contributed by atoms with Gasteiger partial charge >= 0.3 is 0 Å². The van der Waals surface area contributed by atoms with Gasteiger partial charge in [0.15, 0.2) is 0 Å². The minimum Gasteiger partial charge on any atom is -0.348 e. The van der Waals surface area contributed by atoms with Crippen molar-refractivity contribution >= 4 is 0 Å². The van der Waals surface area contributed by atoms with Crippen molar-refractivity contribution in [2.75, 3.05) is 59.6 Å². The van der Waals surface area contributed by atoms with Gasteiger partial charge in [0.05, 0.1) is 6.10 Å². The maximum absolute atomic E-state index is 6.10. The number of rotatable bonds is 3. The zero-order valence-corrected chi connectivity index (χ0v) is 12.6. The van der Waals surface area contributed by atoms with E-state index in [2.05, 4.69) is 27.2 Å². The van der Waals surface area contributed by atoms with Gasteiger partial charge in [0.1, 0.15) is 13.0 Å². The second kappa shape index (κ2) is 7.15. The van der Waals surface area contributed by atoms with Crippen molar-refractivity contribution in [2.24, 2.45) is 0 Å². The SMILES string of the molecule is CN1CC[C@@H](N2CCC(ON3CCNCC3)CC2)OC1. The van der Waals surface area contributed by atoms with Crippen molar-refractivity contribution in [1.82, 2.24) is 20.2 Å². The van der Waals surface area contributed by atoms with Crippen LogP contribution < -0.4 is 5.32 Å². The fraction of sp³-hybridized carbons (Fsp3) is 1.00. The van der Waals surface area contributed by atoms with Crippen LogP contribution in [-0.4, -0.2) is 86.8 Å². The summed E-state index contributed by atoms with van der Waals surface area (Å²) in [4.78, 5) is 10.8. The fourth-order valence-corrected chi connectivity index (χ4v) is 3.21. The van der Waals surface area contributed by atoms with Crippen LogP contribution in [0.2, 0.25) is 0 Å². The highest BCUT2D eigenvalue weighted by atomic mass is 16.7. The maximum Gasteiger partial charge on any atom is 0.113 e. The summed E-state index contributed by atoms with van der Waals surface area (Å²) in [6, 6.07) is 0. The molecule has 0 aromatic rings. The summed E-state index contributed by atoms with van der Waals surface area (Å²) in [5.74, 6) is 0. The molecule has 6 nitrogen and oxygen atoms in total. The lowest BCUT2D eigenvalue weighted by Crippen LogP contribution is -2.51. The first-order valence-corrected chi connectivity index (χ1v) is 7.98. The summed E-state index contributed by atoms with van der Waals surface area (Å²) in [6.07, 6.45) is 4.10. The summed E-state index contributed by atoms with van der Waals surface area (Å²) in [5.41, 5.74) is 0. The Hall–Kier alpha value is -0.240. The minimum atomic E-state index is 0.325. The highest BCUT2D eigenvalue weighted by Crippen LogP contribution is 2.21. The van der Waals surface area contributed by atoms with Crippen molar-refractivity contribution in [2.45, 2.75) is 31.6 Å². The lowest BCUT2D eigenvalue weighted by atomic mass is 10.1. The van der Waals surface area contributed by atoms with Gasteiger partial charge in [-0.1, -0.05) is 0 Å². The Bertz CT molecular complexity index is 283. The summed E-state index contributed by atoms with van der Waals surface area (Å²) >= 11 is 0. The van der Waals surface area contributed by atoms with Gasteiger partial charge < -0.3 is 10.1 Å². The van der Waals surface area contributed by atoms with Crippen molar-refractivity contribution < 1.29 is 9.57 Å². The van der Waals surface area contributed by atoms with Gasteiger partial charge in [-0.3, -0.25) is 14.6 Å². The third-order valence-corrected chi connectivity index (χ3v) is 4.50. The van der Waals surface area contributed by atoms with Crippen LogP contribution in [0.25, 0.3) is 0 Å². The Morgan fingerprint density at radius 3 is 2.40 bits per heavy atom. The quantitative estimate of drug-likeness (QED) is 0.782. The summed E-state index contributed by atoms with van der Waals surface area (Å²) in [5, 5.41) is 5.50. The molecule has 1 atom stereocenters. The first-order chi connectivity index (χ1) is 9.81. The van der Waals surface area contributed by atoms with Crippen molar-refractivity contribution in [3.05, 3.63) is 0 Å². The van der Waals surface area contributed by atoms with Crippen LogP contribution in [0, 0.1) is 0 Å². The van der Waals surface area contributed by atoms with E-state index >= 15 is 0 Å². The molecule has 0 bridgehead atoms. The molecule has 6 heteroatoms.